The third-order valence-corrected chi connectivity index (χ3v) is 4.88. The Balaban J connectivity index is 0.00000225. The second-order valence-corrected chi connectivity index (χ2v) is 6.48. The molecule has 6 heteroatoms. The van der Waals surface area contributed by atoms with Crippen LogP contribution in [0.5, 0.6) is 5.88 Å². The van der Waals surface area contributed by atoms with Crippen molar-refractivity contribution in [3.05, 3.63) is 60.7 Å². The highest BCUT2D eigenvalue weighted by Crippen LogP contribution is 2.27. The van der Waals surface area contributed by atoms with E-state index in [1.165, 1.54) is 0 Å². The van der Waals surface area contributed by atoms with Crippen LogP contribution >= 0.6 is 12.4 Å². The summed E-state index contributed by atoms with van der Waals surface area (Å²) in [5.41, 5.74) is 3.79. The van der Waals surface area contributed by atoms with Crippen molar-refractivity contribution in [2.45, 2.75) is 13.8 Å². The summed E-state index contributed by atoms with van der Waals surface area (Å²) in [6.07, 6.45) is 0. The molecule has 0 aliphatic rings. The molecule has 146 valence electrons. The van der Waals surface area contributed by atoms with Gasteiger partial charge < -0.3 is 9.64 Å². The van der Waals surface area contributed by atoms with Crippen molar-refractivity contribution < 1.29 is 4.74 Å². The zero-order valence-electron chi connectivity index (χ0n) is 16.2. The number of nitrogens with zero attached hydrogens (tertiary/aromatic N) is 4. The van der Waals surface area contributed by atoms with Gasteiger partial charge in [-0.25, -0.2) is 4.52 Å². The summed E-state index contributed by atoms with van der Waals surface area (Å²) in [6.45, 7) is 7.89. The summed E-state index contributed by atoms with van der Waals surface area (Å²) < 4.78 is 7.98. The van der Waals surface area contributed by atoms with Crippen LogP contribution in [0.2, 0.25) is 0 Å². The molecule has 0 aliphatic carbocycles. The van der Waals surface area contributed by atoms with Crippen LogP contribution in [-0.2, 0) is 0 Å². The summed E-state index contributed by atoms with van der Waals surface area (Å²) in [5, 5.41) is 5.76. The summed E-state index contributed by atoms with van der Waals surface area (Å²) in [6, 6.07) is 20.3. The molecule has 2 heterocycles. The second kappa shape index (κ2) is 9.04. The molecule has 0 saturated heterocycles. The van der Waals surface area contributed by atoms with Gasteiger partial charge in [-0.1, -0.05) is 56.3 Å². The Bertz CT molecular complexity index is 1040. The molecule has 0 spiro atoms. The maximum atomic E-state index is 6.08. The van der Waals surface area contributed by atoms with Crippen molar-refractivity contribution in [2.24, 2.45) is 0 Å². The van der Waals surface area contributed by atoms with Gasteiger partial charge in [-0.05, 0) is 25.2 Å². The Hall–Kier alpha value is -2.63. The van der Waals surface area contributed by atoms with E-state index >= 15 is 0 Å². The molecule has 4 rings (SSSR count). The number of benzene rings is 2. The molecule has 4 aromatic rings. The predicted octanol–water partition coefficient (Wildman–Crippen LogP) is 4.69. The van der Waals surface area contributed by atoms with E-state index in [4.69, 9.17) is 14.8 Å². The fourth-order valence-electron chi connectivity index (χ4n) is 3.30. The summed E-state index contributed by atoms with van der Waals surface area (Å²) in [7, 11) is 0. The van der Waals surface area contributed by atoms with Crippen molar-refractivity contribution in [2.75, 3.05) is 26.2 Å². The number of aromatic nitrogens is 3. The lowest BCUT2D eigenvalue weighted by atomic mass is 10.2. The first kappa shape index (κ1) is 20.1. The van der Waals surface area contributed by atoms with Crippen LogP contribution in [-0.4, -0.2) is 45.7 Å². The summed E-state index contributed by atoms with van der Waals surface area (Å²) in [5.74, 6) is 0.671. The monoisotopic (exact) mass is 396 g/mol. The fourth-order valence-corrected chi connectivity index (χ4v) is 3.30. The number of rotatable bonds is 7. The molecule has 0 atom stereocenters. The predicted molar refractivity (Wildman–Crippen MR) is 116 cm³/mol. The normalized spacial score (nSPS) is 11.1. The smallest absolute Gasteiger partial charge is 0.225 e. The lowest BCUT2D eigenvalue weighted by Gasteiger charge is -2.18. The molecule has 5 nitrogen and oxygen atoms in total. The Kier molecular flexibility index (Phi) is 6.49. The summed E-state index contributed by atoms with van der Waals surface area (Å²) in [4.78, 5) is 7.10. The van der Waals surface area contributed by atoms with Gasteiger partial charge in [0.1, 0.15) is 6.61 Å². The number of para-hydroxylation sites is 1. The maximum Gasteiger partial charge on any atom is 0.225 e. The van der Waals surface area contributed by atoms with E-state index in [0.717, 1.165) is 47.4 Å². The third-order valence-electron chi connectivity index (χ3n) is 4.88. The highest BCUT2D eigenvalue weighted by molar-refractivity contribution is 5.86. The molecule has 0 fully saturated rings. The number of ether oxygens (including phenoxy) is 1. The minimum absolute atomic E-state index is 0. The average Bonchev–Trinajstić information content (AvgIpc) is 3.16. The number of hydrogen-bond acceptors (Lipinski definition) is 4. The molecule has 2 aromatic heterocycles. The topological polar surface area (TPSA) is 42.7 Å². The van der Waals surface area contributed by atoms with Gasteiger partial charge in [0.15, 0.2) is 5.65 Å². The van der Waals surface area contributed by atoms with Gasteiger partial charge in [-0.2, -0.15) is 10.1 Å². The Morgan fingerprint density at radius 1 is 0.964 bits per heavy atom. The van der Waals surface area contributed by atoms with E-state index in [0.29, 0.717) is 12.5 Å². The fraction of sp³-hybridized carbons (Fsp3) is 0.273. The van der Waals surface area contributed by atoms with Crippen molar-refractivity contribution >= 4 is 29.0 Å². The van der Waals surface area contributed by atoms with Crippen LogP contribution in [0.1, 0.15) is 13.8 Å². The number of halogens is 1. The number of hydrogen-bond donors (Lipinski definition) is 0. The highest BCUT2D eigenvalue weighted by Gasteiger charge is 2.13. The van der Waals surface area contributed by atoms with Gasteiger partial charge in [0.2, 0.25) is 5.88 Å². The van der Waals surface area contributed by atoms with E-state index in [9.17, 15) is 0 Å². The van der Waals surface area contributed by atoms with Crippen molar-refractivity contribution in [3.8, 4) is 17.1 Å². The van der Waals surface area contributed by atoms with Crippen LogP contribution in [0.25, 0.3) is 27.8 Å². The molecule has 0 aliphatic heterocycles. The van der Waals surface area contributed by atoms with Crippen LogP contribution in [0, 0.1) is 0 Å². The maximum absolute atomic E-state index is 6.08. The first-order valence-corrected chi connectivity index (χ1v) is 9.49. The van der Waals surface area contributed by atoms with Crippen LogP contribution < -0.4 is 4.74 Å². The molecule has 2 aromatic carbocycles. The zero-order valence-corrected chi connectivity index (χ0v) is 17.0. The van der Waals surface area contributed by atoms with Crippen molar-refractivity contribution in [3.63, 3.8) is 0 Å². The van der Waals surface area contributed by atoms with Crippen molar-refractivity contribution in [1.82, 2.24) is 19.5 Å². The third kappa shape index (κ3) is 3.96. The molecular formula is C22H25ClN4O. The Labute approximate surface area is 171 Å². The second-order valence-electron chi connectivity index (χ2n) is 6.48. The minimum atomic E-state index is 0. The summed E-state index contributed by atoms with van der Waals surface area (Å²) >= 11 is 0. The molecule has 0 saturated carbocycles. The van der Waals surface area contributed by atoms with Gasteiger partial charge >= 0.3 is 0 Å². The lowest BCUT2D eigenvalue weighted by Crippen LogP contribution is -2.28. The molecule has 0 N–H and O–H groups in total. The molecule has 0 bridgehead atoms. The Morgan fingerprint density at radius 2 is 1.68 bits per heavy atom. The number of likely N-dealkylation sites (N-methyl/N-ethyl adjacent to an activating group) is 1. The van der Waals surface area contributed by atoms with E-state index < -0.39 is 0 Å². The highest BCUT2D eigenvalue weighted by atomic mass is 35.5. The first-order chi connectivity index (χ1) is 13.3. The first-order valence-electron chi connectivity index (χ1n) is 9.49. The minimum Gasteiger partial charge on any atom is -0.476 e. The van der Waals surface area contributed by atoms with Crippen LogP contribution in [0.4, 0.5) is 0 Å². The van der Waals surface area contributed by atoms with Gasteiger partial charge in [-0.15, -0.1) is 12.4 Å². The molecule has 0 amide bonds. The SMILES string of the molecule is CCN(CC)CCOc1nc2cc(-c3ccccc3)nn2c2ccccc12.Cl. The van der Waals surface area contributed by atoms with Crippen LogP contribution in [0.3, 0.4) is 0 Å². The molecule has 28 heavy (non-hydrogen) atoms. The van der Waals surface area contributed by atoms with Gasteiger partial charge in [0.05, 0.1) is 16.6 Å². The van der Waals surface area contributed by atoms with Crippen LogP contribution in [0.15, 0.2) is 60.7 Å². The molecule has 0 radical (unpaired) electrons. The van der Waals surface area contributed by atoms with E-state index in [1.54, 1.807) is 0 Å². The van der Waals surface area contributed by atoms with E-state index in [2.05, 4.69) is 36.9 Å². The zero-order chi connectivity index (χ0) is 18.6. The number of fused-ring (bicyclic) bond motifs is 3. The Morgan fingerprint density at radius 3 is 2.43 bits per heavy atom. The van der Waals surface area contributed by atoms with E-state index in [1.807, 2.05) is 47.0 Å². The quantitative estimate of drug-likeness (QED) is 0.454. The van der Waals surface area contributed by atoms with Gasteiger partial charge in [0, 0.05) is 18.2 Å². The van der Waals surface area contributed by atoms with Gasteiger partial charge in [-0.3, -0.25) is 0 Å². The lowest BCUT2D eigenvalue weighted by molar-refractivity contribution is 0.220. The average molecular weight is 397 g/mol. The van der Waals surface area contributed by atoms with Crippen molar-refractivity contribution in [1.29, 1.82) is 0 Å². The van der Waals surface area contributed by atoms with Gasteiger partial charge in [0.25, 0.3) is 0 Å². The van der Waals surface area contributed by atoms with E-state index in [-0.39, 0.29) is 12.4 Å². The standard InChI is InChI=1S/C22H24N4O.ClH/c1-3-25(4-2)14-15-27-22-18-12-8-9-13-20(18)26-21(23-22)16-19(24-26)17-10-6-5-7-11-17;/h5-13,16H,3-4,14-15H2,1-2H3;1H. The molecule has 0 unspecified atom stereocenters. The largest absolute Gasteiger partial charge is 0.476 e. The molecular weight excluding hydrogens is 372 g/mol.